The summed E-state index contributed by atoms with van der Waals surface area (Å²) in [5.74, 6) is -0.533. The number of amides is 2. The fourth-order valence-corrected chi connectivity index (χ4v) is 2.48. The highest BCUT2D eigenvalue weighted by Gasteiger charge is 2.26. The average molecular weight is 299 g/mol. The van der Waals surface area contributed by atoms with Crippen LogP contribution in [0.5, 0.6) is 0 Å². The van der Waals surface area contributed by atoms with Crippen molar-refractivity contribution >= 4 is 28.5 Å². The number of nitrogens with zero attached hydrogens (tertiary/aromatic N) is 2. The zero-order valence-electron chi connectivity index (χ0n) is 11.2. The van der Waals surface area contributed by atoms with Gasteiger partial charge < -0.3 is 14.7 Å². The van der Waals surface area contributed by atoms with E-state index in [4.69, 9.17) is 9.84 Å². The third-order valence-corrected chi connectivity index (χ3v) is 3.69. The zero-order valence-corrected chi connectivity index (χ0v) is 12.0. The van der Waals surface area contributed by atoms with Gasteiger partial charge in [-0.05, 0) is 12.8 Å². The summed E-state index contributed by atoms with van der Waals surface area (Å²) in [6, 6.07) is -0.471. The van der Waals surface area contributed by atoms with Gasteiger partial charge in [-0.25, -0.2) is 9.78 Å². The molecule has 110 valence electrons. The van der Waals surface area contributed by atoms with Crippen molar-refractivity contribution in [3.05, 3.63) is 11.1 Å². The number of carboxylic acids is 1. The molecule has 0 aromatic carbocycles. The highest BCUT2D eigenvalue weighted by atomic mass is 32.1. The quantitative estimate of drug-likeness (QED) is 0.797. The van der Waals surface area contributed by atoms with Crippen LogP contribution in [0, 0.1) is 0 Å². The Bertz CT molecular complexity index is 487. The normalized spacial score (nSPS) is 14.1. The molecule has 0 spiro atoms. The molecule has 1 saturated carbocycles. The summed E-state index contributed by atoms with van der Waals surface area (Å²) in [4.78, 5) is 28.3. The molecule has 2 amide bonds. The lowest BCUT2D eigenvalue weighted by molar-refractivity contribution is -0.137. The fourth-order valence-electron chi connectivity index (χ4n) is 1.70. The summed E-state index contributed by atoms with van der Waals surface area (Å²) in [5, 5.41) is 13.9. The van der Waals surface area contributed by atoms with E-state index in [1.165, 1.54) is 23.3 Å². The van der Waals surface area contributed by atoms with Crippen LogP contribution in [0.1, 0.15) is 24.5 Å². The molecule has 0 radical (unpaired) electrons. The Morgan fingerprint density at radius 2 is 2.35 bits per heavy atom. The van der Waals surface area contributed by atoms with Crippen molar-refractivity contribution in [2.45, 2.75) is 18.8 Å². The van der Waals surface area contributed by atoms with E-state index in [0.29, 0.717) is 11.0 Å². The number of methoxy groups -OCH3 is 1. The lowest BCUT2D eigenvalue weighted by atomic mass is 10.3. The summed E-state index contributed by atoms with van der Waals surface area (Å²) in [6.45, 7) is 0.136. The molecule has 1 aromatic rings. The van der Waals surface area contributed by atoms with Crippen LogP contribution in [0.2, 0.25) is 0 Å². The summed E-state index contributed by atoms with van der Waals surface area (Å²) < 4.78 is 4.87. The van der Waals surface area contributed by atoms with E-state index in [1.54, 1.807) is 0 Å². The Labute approximate surface area is 120 Å². The first kappa shape index (κ1) is 14.7. The van der Waals surface area contributed by atoms with Gasteiger partial charge >= 0.3 is 12.0 Å². The Balaban J connectivity index is 1.92. The minimum absolute atomic E-state index is 0.218. The molecule has 0 atom stereocenters. The van der Waals surface area contributed by atoms with Gasteiger partial charge in [-0.3, -0.25) is 10.1 Å². The van der Waals surface area contributed by atoms with Gasteiger partial charge in [0.15, 0.2) is 5.13 Å². The number of nitrogens with one attached hydrogen (secondary N) is 1. The number of rotatable bonds is 7. The Morgan fingerprint density at radius 1 is 1.60 bits per heavy atom. The largest absolute Gasteiger partial charge is 0.480 e. The second-order valence-corrected chi connectivity index (χ2v) is 5.45. The number of urea groups is 1. The third-order valence-electron chi connectivity index (χ3n) is 2.91. The molecule has 0 saturated heterocycles. The van der Waals surface area contributed by atoms with Gasteiger partial charge in [0.1, 0.15) is 6.54 Å². The van der Waals surface area contributed by atoms with Crippen LogP contribution in [0.3, 0.4) is 0 Å². The van der Waals surface area contributed by atoms with E-state index >= 15 is 0 Å². The maximum atomic E-state index is 12.0. The van der Waals surface area contributed by atoms with Crippen LogP contribution >= 0.6 is 11.3 Å². The fraction of sp³-hybridized carbons (Fsp3) is 0.583. The number of hydrogen-bond donors (Lipinski definition) is 2. The smallest absolute Gasteiger partial charge is 0.324 e. The second-order valence-electron chi connectivity index (χ2n) is 4.59. The molecule has 2 N–H and O–H groups in total. The van der Waals surface area contributed by atoms with Crippen LogP contribution in [-0.2, 0) is 9.53 Å². The van der Waals surface area contributed by atoms with Crippen molar-refractivity contribution in [2.75, 3.05) is 32.1 Å². The number of carbonyl (C=O) groups excluding carboxylic acids is 1. The SMILES string of the molecule is COCCN(CC(=O)O)C(=O)Nc1nc(C2CC2)cs1. The minimum atomic E-state index is -1.06. The first-order valence-electron chi connectivity index (χ1n) is 6.32. The number of aromatic nitrogens is 1. The predicted octanol–water partition coefficient (Wildman–Crippen LogP) is 1.59. The maximum absolute atomic E-state index is 12.0. The Hall–Kier alpha value is -1.67. The van der Waals surface area contributed by atoms with Gasteiger partial charge in [0.05, 0.1) is 12.3 Å². The number of hydrogen-bond acceptors (Lipinski definition) is 5. The molecule has 8 heteroatoms. The van der Waals surface area contributed by atoms with Gasteiger partial charge in [-0.15, -0.1) is 11.3 Å². The highest BCUT2D eigenvalue weighted by Crippen LogP contribution is 2.40. The molecular formula is C12H17N3O4S. The first-order valence-corrected chi connectivity index (χ1v) is 7.20. The highest BCUT2D eigenvalue weighted by molar-refractivity contribution is 7.13. The van der Waals surface area contributed by atoms with E-state index in [0.717, 1.165) is 18.5 Å². The monoisotopic (exact) mass is 299 g/mol. The molecule has 0 aliphatic heterocycles. The van der Waals surface area contributed by atoms with Gasteiger partial charge in [0.2, 0.25) is 0 Å². The molecule has 20 heavy (non-hydrogen) atoms. The second kappa shape index (κ2) is 6.67. The summed E-state index contributed by atoms with van der Waals surface area (Å²) >= 11 is 1.36. The molecule has 1 fully saturated rings. The lowest BCUT2D eigenvalue weighted by Crippen LogP contribution is -2.40. The van der Waals surface area contributed by atoms with Gasteiger partial charge in [0.25, 0.3) is 0 Å². The van der Waals surface area contributed by atoms with Gasteiger partial charge in [0, 0.05) is 25.0 Å². The van der Waals surface area contributed by atoms with Crippen LogP contribution in [0.4, 0.5) is 9.93 Å². The number of ether oxygens (including phenoxy) is 1. The summed E-state index contributed by atoms with van der Waals surface area (Å²) in [6.07, 6.45) is 2.30. The Kier molecular flexibility index (Phi) is 4.91. The Morgan fingerprint density at radius 3 is 2.95 bits per heavy atom. The number of carboxylic acid groups (broad SMARTS) is 1. The summed E-state index contributed by atoms with van der Waals surface area (Å²) in [7, 11) is 1.50. The van der Waals surface area contributed by atoms with E-state index in [2.05, 4.69) is 10.3 Å². The molecule has 0 bridgehead atoms. The van der Waals surface area contributed by atoms with Crippen molar-refractivity contribution in [3.63, 3.8) is 0 Å². The molecule has 7 nitrogen and oxygen atoms in total. The van der Waals surface area contributed by atoms with Crippen molar-refractivity contribution in [1.29, 1.82) is 0 Å². The van der Waals surface area contributed by atoms with E-state index < -0.39 is 12.0 Å². The first-order chi connectivity index (χ1) is 9.60. The van der Waals surface area contributed by atoms with Crippen molar-refractivity contribution < 1.29 is 19.4 Å². The minimum Gasteiger partial charge on any atom is -0.480 e. The zero-order chi connectivity index (χ0) is 14.5. The molecular weight excluding hydrogens is 282 g/mol. The average Bonchev–Trinajstić information content (AvgIpc) is 3.15. The molecule has 1 aromatic heterocycles. The van der Waals surface area contributed by atoms with Crippen molar-refractivity contribution in [2.24, 2.45) is 0 Å². The topological polar surface area (TPSA) is 91.8 Å². The van der Waals surface area contributed by atoms with E-state index in [-0.39, 0.29) is 19.7 Å². The number of thiazole rings is 1. The van der Waals surface area contributed by atoms with Crippen LogP contribution < -0.4 is 5.32 Å². The van der Waals surface area contributed by atoms with Crippen molar-refractivity contribution in [1.82, 2.24) is 9.88 Å². The number of anilines is 1. The molecule has 1 heterocycles. The van der Waals surface area contributed by atoms with E-state index in [1.807, 2.05) is 5.38 Å². The molecule has 0 unspecified atom stereocenters. The standard InChI is InChI=1S/C12H17N3O4S/c1-19-5-4-15(6-10(16)17)12(18)14-11-13-9(7-20-11)8-2-3-8/h7-8H,2-6H2,1H3,(H,16,17)(H,13,14,18). The molecule has 1 aliphatic carbocycles. The lowest BCUT2D eigenvalue weighted by Gasteiger charge is -2.19. The third kappa shape index (κ3) is 4.17. The number of aliphatic carboxylic acids is 1. The molecule has 2 rings (SSSR count). The maximum Gasteiger partial charge on any atom is 0.324 e. The van der Waals surface area contributed by atoms with Crippen LogP contribution in [0.25, 0.3) is 0 Å². The van der Waals surface area contributed by atoms with Gasteiger partial charge in [-0.1, -0.05) is 0 Å². The van der Waals surface area contributed by atoms with Crippen LogP contribution in [0.15, 0.2) is 5.38 Å². The van der Waals surface area contributed by atoms with Crippen LogP contribution in [-0.4, -0.2) is 53.8 Å². The molecule has 1 aliphatic rings. The summed E-state index contributed by atoms with van der Waals surface area (Å²) in [5.41, 5.74) is 1.01. The number of carbonyl (C=O) groups is 2. The van der Waals surface area contributed by atoms with E-state index in [9.17, 15) is 9.59 Å². The predicted molar refractivity (Wildman–Crippen MR) is 74.2 cm³/mol. The van der Waals surface area contributed by atoms with Gasteiger partial charge in [-0.2, -0.15) is 0 Å². The van der Waals surface area contributed by atoms with Crippen molar-refractivity contribution in [3.8, 4) is 0 Å².